The zero-order valence-electron chi connectivity index (χ0n) is 5.80. The summed E-state index contributed by atoms with van der Waals surface area (Å²) in [5, 5.41) is 0. The first-order valence-electron chi connectivity index (χ1n) is 2.58. The van der Waals surface area contributed by atoms with Crippen LogP contribution in [0.25, 0.3) is 0 Å². The fourth-order valence-corrected chi connectivity index (χ4v) is 0.306. The molecule has 1 unspecified atom stereocenters. The van der Waals surface area contributed by atoms with Crippen molar-refractivity contribution < 1.29 is 23.4 Å². The maximum atomic E-state index is 11.6. The fraction of sp³-hybridized carbons (Fsp3) is 0.800. The zero-order chi connectivity index (χ0) is 7.98. The molecule has 1 aliphatic heterocycles. The molecular weight excluding hydrogens is 143 g/mol. The molecule has 0 aromatic carbocycles. The number of halogens is 1. The van der Waals surface area contributed by atoms with Gasteiger partial charge in [-0.2, -0.15) is 4.39 Å². The third-order valence-corrected chi connectivity index (χ3v) is 0.556. The van der Waals surface area contributed by atoms with Gasteiger partial charge in [-0.05, 0) is 0 Å². The quantitative estimate of drug-likeness (QED) is 0.479. The highest BCUT2D eigenvalue weighted by atomic mass is 19.1. The average molecular weight is 152 g/mol. The number of rotatable bonds is 0. The second-order valence-electron chi connectivity index (χ2n) is 1.50. The van der Waals surface area contributed by atoms with E-state index in [9.17, 15) is 9.18 Å². The minimum absolute atomic E-state index is 0.265. The fourth-order valence-electron chi connectivity index (χ4n) is 0.306. The first kappa shape index (κ1) is 9.16. The van der Waals surface area contributed by atoms with Crippen LogP contribution in [0, 0.1) is 0 Å². The maximum Gasteiger partial charge on any atom is 0.511 e. The van der Waals surface area contributed by atoms with Crippen molar-refractivity contribution in [3.05, 3.63) is 0 Å². The van der Waals surface area contributed by atoms with Crippen molar-refractivity contribution in [3.8, 4) is 0 Å². The lowest BCUT2D eigenvalue weighted by Gasteiger charge is -1.85. The Morgan fingerprint density at radius 3 is 2.30 bits per heavy atom. The standard InChI is InChI=1S/C3H3FO3.C2H6O/c4-2-1-6-3(5)7-2;1-3-2/h2H,1H2;1-2H3. The average Bonchev–Trinajstić information content (AvgIpc) is 2.17. The van der Waals surface area contributed by atoms with Gasteiger partial charge in [0.2, 0.25) is 0 Å². The number of alkyl halides is 1. The number of cyclic esters (lactones) is 2. The molecular formula is C5H9FO4. The lowest BCUT2D eigenvalue weighted by molar-refractivity contribution is 0.0573. The Morgan fingerprint density at radius 2 is 2.20 bits per heavy atom. The Morgan fingerprint density at radius 1 is 1.70 bits per heavy atom. The molecule has 1 aliphatic rings. The molecule has 1 heterocycles. The maximum absolute atomic E-state index is 11.6. The molecule has 5 heteroatoms. The van der Waals surface area contributed by atoms with E-state index < -0.39 is 12.5 Å². The lowest BCUT2D eigenvalue weighted by Crippen LogP contribution is -1.98. The van der Waals surface area contributed by atoms with Crippen molar-refractivity contribution >= 4 is 6.16 Å². The van der Waals surface area contributed by atoms with Crippen molar-refractivity contribution in [1.29, 1.82) is 0 Å². The second kappa shape index (κ2) is 4.99. The molecule has 0 N–H and O–H groups in total. The van der Waals surface area contributed by atoms with Crippen molar-refractivity contribution in [2.75, 3.05) is 20.8 Å². The van der Waals surface area contributed by atoms with Crippen LogP contribution in [0.2, 0.25) is 0 Å². The predicted molar refractivity (Wildman–Crippen MR) is 30.3 cm³/mol. The molecule has 0 spiro atoms. The van der Waals surface area contributed by atoms with Crippen molar-refractivity contribution in [2.45, 2.75) is 6.36 Å². The third kappa shape index (κ3) is 4.08. The molecule has 0 saturated carbocycles. The molecule has 10 heavy (non-hydrogen) atoms. The Kier molecular flexibility index (Phi) is 4.57. The molecule has 1 saturated heterocycles. The number of ether oxygens (including phenoxy) is 3. The summed E-state index contributed by atoms with van der Waals surface area (Å²) in [7, 11) is 3.25. The number of hydrogen-bond acceptors (Lipinski definition) is 4. The van der Waals surface area contributed by atoms with Gasteiger partial charge in [-0.25, -0.2) is 4.79 Å². The molecule has 0 aliphatic carbocycles. The van der Waals surface area contributed by atoms with Crippen LogP contribution in [0.4, 0.5) is 9.18 Å². The summed E-state index contributed by atoms with van der Waals surface area (Å²) in [5.41, 5.74) is 0. The molecule has 0 amide bonds. The van der Waals surface area contributed by atoms with Gasteiger partial charge in [-0.1, -0.05) is 0 Å². The van der Waals surface area contributed by atoms with Gasteiger partial charge in [0.15, 0.2) is 6.61 Å². The van der Waals surface area contributed by atoms with Gasteiger partial charge in [0.25, 0.3) is 6.36 Å². The normalized spacial score (nSPS) is 22.3. The molecule has 0 aromatic rings. The molecule has 1 rings (SSSR count). The minimum Gasteiger partial charge on any atom is -0.427 e. The van der Waals surface area contributed by atoms with Gasteiger partial charge in [0.05, 0.1) is 0 Å². The number of hydrogen-bond donors (Lipinski definition) is 0. The van der Waals surface area contributed by atoms with Crippen molar-refractivity contribution in [3.63, 3.8) is 0 Å². The Labute approximate surface area is 57.9 Å². The molecule has 4 nitrogen and oxygen atoms in total. The molecule has 0 bridgehead atoms. The van der Waals surface area contributed by atoms with E-state index in [0.29, 0.717) is 0 Å². The molecule has 60 valence electrons. The number of carbonyl (C=O) groups is 1. The predicted octanol–water partition coefficient (Wildman–Crippen LogP) is 0.711. The van der Waals surface area contributed by atoms with Gasteiger partial charge >= 0.3 is 6.16 Å². The second-order valence-corrected chi connectivity index (χ2v) is 1.50. The zero-order valence-corrected chi connectivity index (χ0v) is 5.80. The topological polar surface area (TPSA) is 44.8 Å². The summed E-state index contributed by atoms with van der Waals surface area (Å²) in [6.07, 6.45) is -2.47. The summed E-state index contributed by atoms with van der Waals surface area (Å²) in [4.78, 5) is 9.77. The van der Waals surface area contributed by atoms with Gasteiger partial charge in [-0.3, -0.25) is 0 Å². The van der Waals surface area contributed by atoms with E-state index in [2.05, 4.69) is 14.2 Å². The largest absolute Gasteiger partial charge is 0.511 e. The van der Waals surface area contributed by atoms with Gasteiger partial charge in [-0.15, -0.1) is 0 Å². The van der Waals surface area contributed by atoms with Crippen LogP contribution in [-0.2, 0) is 14.2 Å². The number of methoxy groups -OCH3 is 1. The Bertz CT molecular complexity index is 106. The molecule has 0 aromatic heterocycles. The van der Waals surface area contributed by atoms with Crippen LogP contribution in [0.3, 0.4) is 0 Å². The van der Waals surface area contributed by atoms with E-state index in [-0.39, 0.29) is 6.61 Å². The SMILES string of the molecule is COC.O=C1OCC(F)O1. The summed E-state index contributed by atoms with van der Waals surface area (Å²) >= 11 is 0. The van der Waals surface area contributed by atoms with E-state index >= 15 is 0 Å². The highest BCUT2D eigenvalue weighted by Gasteiger charge is 2.23. The van der Waals surface area contributed by atoms with Gasteiger partial charge in [0, 0.05) is 14.2 Å². The molecule has 0 radical (unpaired) electrons. The molecule has 1 fully saturated rings. The van der Waals surface area contributed by atoms with Crippen LogP contribution in [-0.4, -0.2) is 33.3 Å². The summed E-state index contributed by atoms with van der Waals surface area (Å²) < 4.78 is 23.7. The lowest BCUT2D eigenvalue weighted by atomic mass is 10.8. The van der Waals surface area contributed by atoms with E-state index in [4.69, 9.17) is 0 Å². The highest BCUT2D eigenvalue weighted by molar-refractivity contribution is 5.61. The van der Waals surface area contributed by atoms with E-state index in [1.807, 2.05) is 0 Å². The van der Waals surface area contributed by atoms with E-state index in [1.165, 1.54) is 0 Å². The van der Waals surface area contributed by atoms with Gasteiger partial charge < -0.3 is 14.2 Å². The molecule has 1 atom stereocenters. The summed E-state index contributed by atoms with van der Waals surface area (Å²) in [5.74, 6) is 0. The van der Waals surface area contributed by atoms with E-state index in [0.717, 1.165) is 0 Å². The summed E-state index contributed by atoms with van der Waals surface area (Å²) in [6, 6.07) is 0. The number of carbonyl (C=O) groups excluding carboxylic acids is 1. The monoisotopic (exact) mass is 152 g/mol. The van der Waals surface area contributed by atoms with Crippen LogP contribution in [0.15, 0.2) is 0 Å². The van der Waals surface area contributed by atoms with Crippen molar-refractivity contribution in [1.82, 2.24) is 0 Å². The van der Waals surface area contributed by atoms with E-state index in [1.54, 1.807) is 14.2 Å². The highest BCUT2D eigenvalue weighted by Crippen LogP contribution is 2.05. The Balaban J connectivity index is 0.000000236. The third-order valence-electron chi connectivity index (χ3n) is 0.556. The van der Waals surface area contributed by atoms with Crippen LogP contribution in [0.1, 0.15) is 0 Å². The first-order chi connectivity index (χ1) is 4.70. The van der Waals surface area contributed by atoms with Crippen LogP contribution < -0.4 is 0 Å². The summed E-state index contributed by atoms with van der Waals surface area (Å²) in [6.45, 7) is -0.265. The first-order valence-corrected chi connectivity index (χ1v) is 2.58. The van der Waals surface area contributed by atoms with Crippen LogP contribution >= 0.6 is 0 Å². The van der Waals surface area contributed by atoms with Crippen LogP contribution in [0.5, 0.6) is 0 Å². The van der Waals surface area contributed by atoms with Gasteiger partial charge in [0.1, 0.15) is 0 Å². The smallest absolute Gasteiger partial charge is 0.427 e. The van der Waals surface area contributed by atoms with Crippen molar-refractivity contribution in [2.24, 2.45) is 0 Å². The minimum atomic E-state index is -1.55. The Hall–Kier alpha value is -0.840.